The number of nitrogens with zero attached hydrogens (tertiary/aromatic N) is 4. The highest BCUT2D eigenvalue weighted by atomic mass is 19.3. The number of rotatable bonds is 12. The third-order valence-electron chi connectivity index (χ3n) is 14.8. The van der Waals surface area contributed by atoms with E-state index in [0.717, 1.165) is 25.7 Å². The van der Waals surface area contributed by atoms with E-state index in [1.165, 1.54) is 9.80 Å². The summed E-state index contributed by atoms with van der Waals surface area (Å²) in [7, 11) is 0. The molecule has 2 atom stereocenters. The number of carbonyl (C=O) groups is 4. The van der Waals surface area contributed by atoms with Crippen LogP contribution in [0, 0.1) is 45.3 Å². The first-order valence-electron chi connectivity index (χ1n) is 20.5. The number of nitrogens with one attached hydrogen (secondary N) is 2. The Morgan fingerprint density at radius 2 is 0.893 bits per heavy atom. The van der Waals surface area contributed by atoms with Crippen LogP contribution in [0.5, 0.6) is 0 Å². The predicted octanol–water partition coefficient (Wildman–Crippen LogP) is 4.76. The quantitative estimate of drug-likeness (QED) is 0.208. The Labute approximate surface area is 325 Å². The first kappa shape index (κ1) is 40.7. The highest BCUT2D eigenvalue weighted by molar-refractivity contribution is 5.81. The minimum absolute atomic E-state index is 0.184. The standard InChI is InChI=1S/C40H54F4N6O6/c41-39(42)17-29(19-45)49(25-39)21-31(51)47-37-11-5-35(6-12-37,7-13-37)33(53)55-23-27-1-2-28(4-3-27)24-56-34(54)36-8-14-38(15-9-36,16-10-36)48-32(52)22-50-26-40(43,44)18-30(50)20-46/h27-30H,1-18,21-26H2,(H,47,51)(H,48,52)/t27?,28?,29-,30-,35?,36?,37?,38?/m0/s1. The van der Waals surface area contributed by atoms with Gasteiger partial charge in [-0.1, -0.05) is 0 Å². The summed E-state index contributed by atoms with van der Waals surface area (Å²) >= 11 is 0. The van der Waals surface area contributed by atoms with Crippen molar-refractivity contribution in [3.63, 3.8) is 0 Å². The molecule has 4 bridgehead atoms. The van der Waals surface area contributed by atoms with E-state index in [1.807, 2.05) is 12.1 Å². The zero-order valence-corrected chi connectivity index (χ0v) is 32.0. The first-order valence-corrected chi connectivity index (χ1v) is 20.5. The van der Waals surface area contributed by atoms with Gasteiger partial charge in [0.1, 0.15) is 12.1 Å². The number of fused-ring (bicyclic) bond motifs is 6. The van der Waals surface area contributed by atoms with Gasteiger partial charge in [0.25, 0.3) is 11.8 Å². The maximum atomic E-state index is 13.8. The predicted molar refractivity (Wildman–Crippen MR) is 190 cm³/mol. The molecule has 9 fully saturated rings. The van der Waals surface area contributed by atoms with Gasteiger partial charge in [-0.2, -0.15) is 10.5 Å². The Morgan fingerprint density at radius 1 is 0.571 bits per heavy atom. The lowest BCUT2D eigenvalue weighted by Gasteiger charge is -2.52. The molecule has 2 saturated heterocycles. The van der Waals surface area contributed by atoms with Crippen LogP contribution >= 0.6 is 0 Å². The second-order valence-electron chi connectivity index (χ2n) is 18.5. The second-order valence-corrected chi connectivity index (χ2v) is 18.5. The summed E-state index contributed by atoms with van der Waals surface area (Å²) in [6.45, 7) is -1.01. The summed E-state index contributed by atoms with van der Waals surface area (Å²) in [5.41, 5.74) is -2.07. The second kappa shape index (κ2) is 15.3. The molecule has 2 amide bonds. The Bertz CT molecular complexity index is 1470. The molecule has 308 valence electrons. The van der Waals surface area contributed by atoms with Crippen molar-refractivity contribution in [3.8, 4) is 12.1 Å². The number of carbonyl (C=O) groups excluding carboxylic acids is 4. The van der Waals surface area contributed by atoms with E-state index in [0.29, 0.717) is 90.3 Å². The van der Waals surface area contributed by atoms with Crippen LogP contribution < -0.4 is 10.6 Å². The fourth-order valence-corrected chi connectivity index (χ4v) is 11.0. The third-order valence-corrected chi connectivity index (χ3v) is 14.8. The van der Waals surface area contributed by atoms with Crippen molar-refractivity contribution in [2.24, 2.45) is 22.7 Å². The summed E-state index contributed by atoms with van der Waals surface area (Å²) in [5, 5.41) is 24.6. The maximum Gasteiger partial charge on any atom is 0.312 e. The molecule has 2 aliphatic heterocycles. The lowest BCUT2D eigenvalue weighted by atomic mass is 9.57. The van der Waals surface area contributed by atoms with Gasteiger partial charge < -0.3 is 20.1 Å². The van der Waals surface area contributed by atoms with Crippen LogP contribution in [0.3, 0.4) is 0 Å². The summed E-state index contributed by atoms with van der Waals surface area (Å²) in [5.74, 6) is -6.60. The van der Waals surface area contributed by atoms with Crippen LogP contribution in [0.2, 0.25) is 0 Å². The largest absolute Gasteiger partial charge is 0.465 e. The van der Waals surface area contributed by atoms with Crippen LogP contribution in [0.4, 0.5) is 17.6 Å². The van der Waals surface area contributed by atoms with Crippen LogP contribution in [0.25, 0.3) is 0 Å². The van der Waals surface area contributed by atoms with Gasteiger partial charge in [-0.05, 0) is 115 Å². The molecule has 16 heteroatoms. The van der Waals surface area contributed by atoms with E-state index in [-0.39, 0.29) is 48.7 Å². The highest BCUT2D eigenvalue weighted by Crippen LogP contribution is 2.54. The van der Waals surface area contributed by atoms with Crippen molar-refractivity contribution in [3.05, 3.63) is 0 Å². The van der Waals surface area contributed by atoms with Crippen molar-refractivity contribution in [2.75, 3.05) is 39.4 Å². The van der Waals surface area contributed by atoms with Gasteiger partial charge >= 0.3 is 11.9 Å². The minimum Gasteiger partial charge on any atom is -0.465 e. The number of hydrogen-bond donors (Lipinski definition) is 2. The number of ether oxygens (including phenoxy) is 2. The van der Waals surface area contributed by atoms with Gasteiger partial charge in [0.15, 0.2) is 0 Å². The molecule has 7 aliphatic carbocycles. The highest BCUT2D eigenvalue weighted by Gasteiger charge is 2.56. The number of alkyl halides is 4. The van der Waals surface area contributed by atoms with Crippen LogP contribution in [-0.4, -0.2) is 108 Å². The number of esters is 2. The fourth-order valence-electron chi connectivity index (χ4n) is 11.0. The van der Waals surface area contributed by atoms with E-state index >= 15 is 0 Å². The Balaban J connectivity index is 0.780. The molecule has 0 spiro atoms. The molecule has 2 heterocycles. The first-order chi connectivity index (χ1) is 26.5. The molecule has 9 rings (SSSR count). The van der Waals surface area contributed by atoms with E-state index in [4.69, 9.17) is 9.47 Å². The van der Waals surface area contributed by atoms with Crippen molar-refractivity contribution in [2.45, 2.75) is 151 Å². The number of amides is 2. The molecular formula is C40H54F4N6O6. The molecule has 0 aromatic rings. The van der Waals surface area contributed by atoms with Crippen molar-refractivity contribution < 1.29 is 46.2 Å². The van der Waals surface area contributed by atoms with Gasteiger partial charge in [0.05, 0.1) is 62.4 Å². The molecule has 0 aromatic heterocycles. The minimum atomic E-state index is -2.98. The number of likely N-dealkylation sites (tertiary alicyclic amines) is 2. The monoisotopic (exact) mass is 790 g/mol. The van der Waals surface area contributed by atoms with E-state index in [2.05, 4.69) is 10.6 Å². The Hall–Kier alpha value is -3.50. The van der Waals surface area contributed by atoms with Crippen molar-refractivity contribution in [1.82, 2.24) is 20.4 Å². The van der Waals surface area contributed by atoms with E-state index < -0.39 is 71.8 Å². The van der Waals surface area contributed by atoms with Gasteiger partial charge in [-0.15, -0.1) is 0 Å². The number of halogens is 4. The lowest BCUT2D eigenvalue weighted by Crippen LogP contribution is -2.59. The molecule has 56 heavy (non-hydrogen) atoms. The average molecular weight is 791 g/mol. The van der Waals surface area contributed by atoms with Crippen LogP contribution in [0.15, 0.2) is 0 Å². The molecule has 0 aromatic carbocycles. The molecule has 7 saturated carbocycles. The molecule has 2 N–H and O–H groups in total. The molecule has 9 aliphatic rings. The molecule has 0 radical (unpaired) electrons. The Morgan fingerprint density at radius 3 is 1.20 bits per heavy atom. The zero-order chi connectivity index (χ0) is 40.0. The maximum absolute atomic E-state index is 13.8. The number of nitriles is 2. The number of hydrogen-bond acceptors (Lipinski definition) is 10. The smallest absolute Gasteiger partial charge is 0.312 e. The lowest BCUT2D eigenvalue weighted by molar-refractivity contribution is -0.168. The zero-order valence-electron chi connectivity index (χ0n) is 32.0. The van der Waals surface area contributed by atoms with Crippen molar-refractivity contribution in [1.29, 1.82) is 10.5 Å². The summed E-state index contributed by atoms with van der Waals surface area (Å²) in [6, 6.07) is 1.78. The van der Waals surface area contributed by atoms with Gasteiger partial charge in [0.2, 0.25) is 11.8 Å². The molecule has 0 unspecified atom stereocenters. The van der Waals surface area contributed by atoms with Gasteiger partial charge in [-0.3, -0.25) is 29.0 Å². The normalized spacial score (nSPS) is 38.6. The van der Waals surface area contributed by atoms with Crippen LogP contribution in [0.1, 0.15) is 116 Å². The average Bonchev–Trinajstić information content (AvgIpc) is 3.65. The summed E-state index contributed by atoms with van der Waals surface area (Å²) in [6.07, 6.45) is 9.58. The fraction of sp³-hybridized carbons (Fsp3) is 0.850. The molecular weight excluding hydrogens is 736 g/mol. The Kier molecular flexibility index (Phi) is 11.2. The van der Waals surface area contributed by atoms with E-state index in [1.54, 1.807) is 0 Å². The van der Waals surface area contributed by atoms with Crippen LogP contribution in [-0.2, 0) is 28.7 Å². The van der Waals surface area contributed by atoms with E-state index in [9.17, 15) is 47.3 Å². The van der Waals surface area contributed by atoms with Gasteiger partial charge in [-0.25, -0.2) is 17.6 Å². The topological polar surface area (TPSA) is 165 Å². The SMILES string of the molecule is N#C[C@@H]1CC(F)(F)CN1CC(=O)NC12CCC(C(=O)OCC3CCC(COC(=O)C45CCC(NC(=O)CN6CC(F)(F)C[C@H]6C#N)(CC4)CC5)CC3)(CC1)CC2. The summed E-state index contributed by atoms with van der Waals surface area (Å²) < 4.78 is 67.2. The molecule has 12 nitrogen and oxygen atoms in total. The van der Waals surface area contributed by atoms with Crippen molar-refractivity contribution >= 4 is 23.8 Å². The summed E-state index contributed by atoms with van der Waals surface area (Å²) in [4.78, 5) is 55.0. The van der Waals surface area contributed by atoms with Gasteiger partial charge in [0, 0.05) is 23.9 Å². The third kappa shape index (κ3) is 8.52.